The average Bonchev–Trinajstić information content (AvgIpc) is 3.45. The fourth-order valence-electron chi connectivity index (χ4n) is 3.94. The molecule has 0 spiro atoms. The van der Waals surface area contributed by atoms with Crippen molar-refractivity contribution in [2.45, 2.75) is 39.5 Å². The van der Waals surface area contributed by atoms with Gasteiger partial charge < -0.3 is 24.7 Å². The van der Waals surface area contributed by atoms with E-state index >= 15 is 0 Å². The monoisotopic (exact) mass is 515 g/mol. The molecule has 1 amide bonds. The molecular formula is C28H29N5O3S. The Bertz CT molecular complexity index is 1490. The van der Waals surface area contributed by atoms with Crippen molar-refractivity contribution >= 4 is 40.0 Å². The third-order valence-corrected chi connectivity index (χ3v) is 6.87. The van der Waals surface area contributed by atoms with Gasteiger partial charge in [-0.25, -0.2) is 14.8 Å². The summed E-state index contributed by atoms with van der Waals surface area (Å²) in [7, 11) is 1.66. The second kappa shape index (κ2) is 10.1. The van der Waals surface area contributed by atoms with E-state index in [1.165, 1.54) is 0 Å². The minimum atomic E-state index is -0.535. The molecule has 0 saturated heterocycles. The van der Waals surface area contributed by atoms with Crippen molar-refractivity contribution in [1.29, 1.82) is 0 Å². The molecule has 5 rings (SSSR count). The summed E-state index contributed by atoms with van der Waals surface area (Å²) in [5, 5.41) is 7.28. The van der Waals surface area contributed by atoms with E-state index in [1.54, 1.807) is 24.8 Å². The lowest BCUT2D eigenvalue weighted by Gasteiger charge is -2.19. The van der Waals surface area contributed by atoms with Crippen LogP contribution in [0.3, 0.4) is 0 Å². The second-order valence-electron chi connectivity index (χ2n) is 9.61. The number of carbonyl (C=O) groups is 1. The highest BCUT2D eigenvalue weighted by Gasteiger charge is 2.20. The highest BCUT2D eigenvalue weighted by molar-refractivity contribution is 7.15. The van der Waals surface area contributed by atoms with Crippen molar-refractivity contribution < 1.29 is 14.3 Å². The fourth-order valence-corrected chi connectivity index (χ4v) is 4.91. The number of nitrogens with one attached hydrogen (secondary N) is 2. The van der Waals surface area contributed by atoms with Crippen molar-refractivity contribution in [2.75, 3.05) is 12.4 Å². The van der Waals surface area contributed by atoms with E-state index in [1.807, 2.05) is 57.2 Å². The number of rotatable bonds is 8. The molecule has 1 aromatic carbocycles. The van der Waals surface area contributed by atoms with Crippen LogP contribution in [0.2, 0.25) is 0 Å². The van der Waals surface area contributed by atoms with Crippen molar-refractivity contribution in [3.05, 3.63) is 77.6 Å². The van der Waals surface area contributed by atoms with Crippen molar-refractivity contribution in [3.8, 4) is 16.2 Å². The predicted octanol–water partition coefficient (Wildman–Crippen LogP) is 6.22. The lowest BCUT2D eigenvalue weighted by atomic mass is 10.2. The molecule has 8 nitrogen and oxygen atoms in total. The van der Waals surface area contributed by atoms with E-state index in [2.05, 4.69) is 49.6 Å². The first-order valence-corrected chi connectivity index (χ1v) is 12.8. The van der Waals surface area contributed by atoms with Crippen LogP contribution in [0, 0.1) is 0 Å². The van der Waals surface area contributed by atoms with E-state index < -0.39 is 11.7 Å². The lowest BCUT2D eigenvalue weighted by Crippen LogP contribution is -2.31. The minimum Gasteiger partial charge on any atom is -0.497 e. The van der Waals surface area contributed by atoms with Gasteiger partial charge in [-0.15, -0.1) is 11.3 Å². The number of anilines is 1. The number of aromatic nitrogens is 3. The number of carbonyl (C=O) groups excluding carboxylic acids is 1. The van der Waals surface area contributed by atoms with Gasteiger partial charge >= 0.3 is 6.09 Å². The van der Waals surface area contributed by atoms with Gasteiger partial charge in [0.15, 0.2) is 5.65 Å². The average molecular weight is 516 g/mol. The van der Waals surface area contributed by atoms with Gasteiger partial charge in [-0.2, -0.15) is 0 Å². The molecule has 1 aliphatic rings. The van der Waals surface area contributed by atoms with Crippen LogP contribution < -0.4 is 15.4 Å². The number of alkyl carbamates (subject to hydrolysis) is 1. The van der Waals surface area contributed by atoms with Gasteiger partial charge in [-0.3, -0.25) is 0 Å². The van der Waals surface area contributed by atoms with Gasteiger partial charge in [0.1, 0.15) is 23.5 Å². The normalized spacial score (nSPS) is 12.7. The number of fused-ring (bicyclic) bond motifs is 1. The zero-order valence-electron chi connectivity index (χ0n) is 21.2. The quantitative estimate of drug-likeness (QED) is 0.290. The molecule has 190 valence electrons. The number of amides is 1. The third-order valence-electron chi connectivity index (χ3n) is 5.75. The summed E-state index contributed by atoms with van der Waals surface area (Å²) >= 11 is 1.62. The number of ether oxygens (including phenoxy) is 2. The maximum atomic E-state index is 12.1. The Labute approximate surface area is 219 Å². The van der Waals surface area contributed by atoms with Crippen LogP contribution >= 0.6 is 11.3 Å². The van der Waals surface area contributed by atoms with Gasteiger partial charge in [-0.1, -0.05) is 18.2 Å². The molecule has 2 N–H and O–H groups in total. The first kappa shape index (κ1) is 24.6. The zero-order chi connectivity index (χ0) is 26.0. The maximum absolute atomic E-state index is 12.1. The van der Waals surface area contributed by atoms with Crippen LogP contribution in [-0.4, -0.2) is 33.3 Å². The van der Waals surface area contributed by atoms with E-state index in [4.69, 9.17) is 9.47 Å². The Morgan fingerprint density at radius 1 is 1.08 bits per heavy atom. The highest BCUT2D eigenvalue weighted by Crippen LogP contribution is 2.39. The van der Waals surface area contributed by atoms with Crippen molar-refractivity contribution in [3.63, 3.8) is 0 Å². The summed E-state index contributed by atoms with van der Waals surface area (Å²) in [5.41, 5.74) is 3.51. The summed E-state index contributed by atoms with van der Waals surface area (Å²) in [6.45, 7) is 6.55. The molecule has 37 heavy (non-hydrogen) atoms. The summed E-state index contributed by atoms with van der Waals surface area (Å²) < 4.78 is 12.7. The van der Waals surface area contributed by atoms with E-state index in [9.17, 15) is 4.79 Å². The molecule has 9 heteroatoms. The van der Waals surface area contributed by atoms with Crippen LogP contribution in [0.25, 0.3) is 27.2 Å². The van der Waals surface area contributed by atoms with E-state index in [-0.39, 0.29) is 0 Å². The fraction of sp³-hybridized carbons (Fsp3) is 0.250. The molecule has 0 bridgehead atoms. The van der Waals surface area contributed by atoms with Gasteiger partial charge in [0.05, 0.1) is 19.0 Å². The van der Waals surface area contributed by atoms with Gasteiger partial charge in [-0.05, 0) is 62.8 Å². The molecule has 0 fully saturated rings. The number of allylic oxidation sites excluding steroid dienone is 4. The SMILES string of the molecule is COc1ccc(CNc2ncnc3c2c(-c2ccc(CNC(=O)OC(C)(C)C)s2)cn3C2=CC=C2)cc1. The lowest BCUT2D eigenvalue weighted by molar-refractivity contribution is 0.0524. The first-order chi connectivity index (χ1) is 17.8. The number of methoxy groups -OCH3 is 1. The van der Waals surface area contributed by atoms with E-state index in [0.29, 0.717) is 13.1 Å². The van der Waals surface area contributed by atoms with Crippen molar-refractivity contribution in [2.24, 2.45) is 0 Å². The Hall–Kier alpha value is -4.11. The second-order valence-corrected chi connectivity index (χ2v) is 10.8. The molecule has 0 radical (unpaired) electrons. The predicted molar refractivity (Wildman–Crippen MR) is 148 cm³/mol. The number of thiophene rings is 1. The molecule has 4 aromatic rings. The Morgan fingerprint density at radius 2 is 1.86 bits per heavy atom. The Balaban J connectivity index is 1.43. The molecular weight excluding hydrogens is 486 g/mol. The number of hydrogen-bond donors (Lipinski definition) is 2. The Morgan fingerprint density at radius 3 is 2.54 bits per heavy atom. The number of hydrogen-bond acceptors (Lipinski definition) is 7. The standard InChI is InChI=1S/C28H29N5O3S/c1-28(2,3)36-27(34)30-15-21-12-13-23(37-21)22-16-33(19-6-5-7-19)26-24(22)25(31-17-32-26)29-14-18-8-10-20(35-4)11-9-18/h5-13,16-17H,14-15H2,1-4H3,(H,30,34)(H,29,31,32). The zero-order valence-corrected chi connectivity index (χ0v) is 22.1. The van der Waals surface area contributed by atoms with Gasteiger partial charge in [0, 0.05) is 33.8 Å². The van der Waals surface area contributed by atoms with E-state index in [0.717, 1.165) is 49.2 Å². The van der Waals surface area contributed by atoms with Crippen LogP contribution in [0.4, 0.5) is 10.6 Å². The maximum Gasteiger partial charge on any atom is 0.407 e. The Kier molecular flexibility index (Phi) is 6.71. The van der Waals surface area contributed by atoms with Gasteiger partial charge in [0.2, 0.25) is 0 Å². The molecule has 3 aromatic heterocycles. The van der Waals surface area contributed by atoms with Crippen LogP contribution in [0.1, 0.15) is 31.2 Å². The number of benzene rings is 1. The third kappa shape index (κ3) is 5.51. The largest absolute Gasteiger partial charge is 0.497 e. The van der Waals surface area contributed by atoms with Crippen LogP contribution in [0.5, 0.6) is 5.75 Å². The smallest absolute Gasteiger partial charge is 0.407 e. The minimum absolute atomic E-state index is 0.394. The molecule has 0 unspecified atom stereocenters. The molecule has 0 aliphatic heterocycles. The van der Waals surface area contributed by atoms with Crippen LogP contribution in [-0.2, 0) is 17.8 Å². The highest BCUT2D eigenvalue weighted by atomic mass is 32.1. The molecule has 0 atom stereocenters. The van der Waals surface area contributed by atoms with Gasteiger partial charge in [0.25, 0.3) is 0 Å². The molecule has 1 aliphatic carbocycles. The molecule has 3 heterocycles. The summed E-state index contributed by atoms with van der Waals surface area (Å²) in [6, 6.07) is 12.1. The number of nitrogens with zero attached hydrogens (tertiary/aromatic N) is 3. The summed E-state index contributed by atoms with van der Waals surface area (Å²) in [5.74, 6) is 1.59. The molecule has 0 saturated carbocycles. The summed E-state index contributed by atoms with van der Waals surface area (Å²) in [6.07, 6.45) is 9.38. The summed E-state index contributed by atoms with van der Waals surface area (Å²) in [4.78, 5) is 23.4. The first-order valence-electron chi connectivity index (χ1n) is 12.0. The van der Waals surface area contributed by atoms with Crippen molar-refractivity contribution in [1.82, 2.24) is 19.9 Å². The topological polar surface area (TPSA) is 90.3 Å². The van der Waals surface area contributed by atoms with Crippen LogP contribution in [0.15, 0.2) is 67.2 Å².